The highest BCUT2D eigenvalue weighted by molar-refractivity contribution is 6.02. The zero-order valence-corrected chi connectivity index (χ0v) is 19.7. The number of allylic oxidation sites excluding steroid dienone is 1. The van der Waals surface area contributed by atoms with Crippen LogP contribution in [0.15, 0.2) is 54.6 Å². The molecule has 35 heavy (non-hydrogen) atoms. The molecule has 0 atom stereocenters. The Morgan fingerprint density at radius 2 is 1.80 bits per heavy atom. The number of fused-ring (bicyclic) bond motifs is 5. The molecule has 0 aromatic heterocycles. The van der Waals surface area contributed by atoms with Crippen molar-refractivity contribution in [1.82, 2.24) is 0 Å². The van der Waals surface area contributed by atoms with Gasteiger partial charge in [0, 0.05) is 22.4 Å². The Labute approximate surface area is 201 Å². The van der Waals surface area contributed by atoms with Crippen LogP contribution in [0.4, 0.5) is 18.9 Å². The van der Waals surface area contributed by atoms with Crippen molar-refractivity contribution in [1.29, 1.82) is 0 Å². The molecule has 2 N–H and O–H groups in total. The van der Waals surface area contributed by atoms with Crippen LogP contribution >= 0.6 is 0 Å². The monoisotopic (exact) mass is 479 g/mol. The lowest BCUT2D eigenvalue weighted by atomic mass is 9.82. The second-order valence-electron chi connectivity index (χ2n) is 9.31. The molecule has 0 saturated carbocycles. The summed E-state index contributed by atoms with van der Waals surface area (Å²) >= 11 is 0. The van der Waals surface area contributed by atoms with Gasteiger partial charge in [0.1, 0.15) is 11.5 Å². The zero-order valence-electron chi connectivity index (χ0n) is 19.7. The van der Waals surface area contributed by atoms with Crippen LogP contribution in [-0.2, 0) is 6.18 Å². The van der Waals surface area contributed by atoms with Crippen molar-refractivity contribution < 1.29 is 27.8 Å². The molecular formula is C28H24F3NO3. The number of benzene rings is 3. The predicted octanol–water partition coefficient (Wildman–Crippen LogP) is 7.58. The van der Waals surface area contributed by atoms with E-state index in [1.54, 1.807) is 18.2 Å². The molecule has 2 heterocycles. The van der Waals surface area contributed by atoms with E-state index in [0.717, 1.165) is 34.5 Å². The van der Waals surface area contributed by atoms with Crippen LogP contribution in [-0.4, -0.2) is 17.8 Å². The molecule has 0 bridgehead atoms. The van der Waals surface area contributed by atoms with Gasteiger partial charge >= 0.3 is 6.18 Å². The molecule has 0 amide bonds. The van der Waals surface area contributed by atoms with E-state index in [9.17, 15) is 18.3 Å². The number of methoxy groups -OCH3 is 1. The Balaban J connectivity index is 1.80. The Morgan fingerprint density at radius 3 is 2.51 bits per heavy atom. The van der Waals surface area contributed by atoms with Crippen molar-refractivity contribution in [3.63, 3.8) is 0 Å². The fourth-order valence-electron chi connectivity index (χ4n) is 4.90. The molecule has 2 aliphatic heterocycles. The van der Waals surface area contributed by atoms with E-state index in [1.807, 2.05) is 19.1 Å². The van der Waals surface area contributed by atoms with Crippen LogP contribution in [0.3, 0.4) is 0 Å². The van der Waals surface area contributed by atoms with E-state index in [-0.39, 0.29) is 17.0 Å². The van der Waals surface area contributed by atoms with E-state index in [0.29, 0.717) is 28.2 Å². The molecule has 180 valence electrons. The van der Waals surface area contributed by atoms with E-state index < -0.39 is 11.7 Å². The summed E-state index contributed by atoms with van der Waals surface area (Å²) in [4.78, 5) is 0. The fraction of sp³-hybridized carbons (Fsp3) is 0.214. The molecule has 7 heteroatoms. The Kier molecular flexibility index (Phi) is 5.13. The molecule has 0 unspecified atom stereocenters. The summed E-state index contributed by atoms with van der Waals surface area (Å²) in [7, 11) is 1.47. The smallest absolute Gasteiger partial charge is 0.416 e. The first-order valence-corrected chi connectivity index (χ1v) is 11.1. The molecule has 0 aliphatic carbocycles. The summed E-state index contributed by atoms with van der Waals surface area (Å²) in [5, 5.41) is 13.9. The van der Waals surface area contributed by atoms with Crippen LogP contribution in [0.25, 0.3) is 28.5 Å². The number of ether oxygens (including phenoxy) is 2. The van der Waals surface area contributed by atoms with Gasteiger partial charge in [-0.1, -0.05) is 24.3 Å². The minimum atomic E-state index is -4.45. The van der Waals surface area contributed by atoms with Gasteiger partial charge in [-0.3, -0.25) is 0 Å². The van der Waals surface area contributed by atoms with E-state index >= 15 is 0 Å². The Morgan fingerprint density at radius 1 is 1.03 bits per heavy atom. The van der Waals surface area contributed by atoms with Crippen molar-refractivity contribution >= 4 is 23.1 Å². The summed E-state index contributed by atoms with van der Waals surface area (Å²) < 4.78 is 51.8. The number of rotatable bonds is 2. The summed E-state index contributed by atoms with van der Waals surface area (Å²) in [6.07, 6.45) is -0.734. The number of anilines is 1. The SMILES string of the molecule is COc1c(O)ccc2c1-c1ccc3c(c1C(=Cc1cccc(C(F)(F)F)c1)O2)C(C)=CC(C)(C)N3. The number of alkyl halides is 3. The normalized spacial score (nSPS) is 16.9. The largest absolute Gasteiger partial charge is 0.504 e. The van der Waals surface area contributed by atoms with Crippen LogP contribution in [0.5, 0.6) is 17.2 Å². The van der Waals surface area contributed by atoms with Crippen molar-refractivity contribution in [3.05, 3.63) is 76.9 Å². The van der Waals surface area contributed by atoms with Gasteiger partial charge in [-0.15, -0.1) is 0 Å². The molecular weight excluding hydrogens is 455 g/mol. The highest BCUT2D eigenvalue weighted by Gasteiger charge is 2.34. The maximum atomic E-state index is 13.3. The third-order valence-corrected chi connectivity index (χ3v) is 6.18. The first-order valence-electron chi connectivity index (χ1n) is 11.1. The molecule has 0 spiro atoms. The van der Waals surface area contributed by atoms with Gasteiger partial charge in [-0.05, 0) is 68.3 Å². The molecule has 0 fully saturated rings. The van der Waals surface area contributed by atoms with Crippen LogP contribution < -0.4 is 14.8 Å². The molecule has 0 saturated heterocycles. The summed E-state index contributed by atoms with van der Waals surface area (Å²) in [6, 6.07) is 12.1. The quantitative estimate of drug-likeness (QED) is 0.398. The fourth-order valence-corrected chi connectivity index (χ4v) is 4.90. The summed E-state index contributed by atoms with van der Waals surface area (Å²) in [5.74, 6) is 1.09. The van der Waals surface area contributed by atoms with Gasteiger partial charge in [-0.2, -0.15) is 13.2 Å². The molecule has 5 rings (SSSR count). The molecule has 3 aromatic carbocycles. The maximum Gasteiger partial charge on any atom is 0.416 e. The molecule has 3 aromatic rings. The predicted molar refractivity (Wildman–Crippen MR) is 131 cm³/mol. The lowest BCUT2D eigenvalue weighted by Crippen LogP contribution is -2.32. The van der Waals surface area contributed by atoms with E-state index in [4.69, 9.17) is 9.47 Å². The highest BCUT2D eigenvalue weighted by atomic mass is 19.4. The lowest BCUT2D eigenvalue weighted by Gasteiger charge is -2.35. The summed E-state index contributed by atoms with van der Waals surface area (Å²) in [5.41, 5.74) is 4.18. The number of phenolic OH excluding ortho intramolecular Hbond substituents is 1. The van der Waals surface area contributed by atoms with Crippen molar-refractivity contribution in [3.8, 4) is 28.4 Å². The highest BCUT2D eigenvalue weighted by Crippen LogP contribution is 2.54. The van der Waals surface area contributed by atoms with Gasteiger partial charge < -0.3 is 19.9 Å². The Bertz CT molecular complexity index is 1420. The second-order valence-corrected chi connectivity index (χ2v) is 9.31. The zero-order chi connectivity index (χ0) is 25.1. The average molecular weight is 479 g/mol. The number of halogens is 3. The van der Waals surface area contributed by atoms with Crippen molar-refractivity contribution in [2.45, 2.75) is 32.5 Å². The first kappa shape index (κ1) is 22.9. The topological polar surface area (TPSA) is 50.7 Å². The number of phenols is 1. The maximum absolute atomic E-state index is 13.3. The number of hydrogen-bond acceptors (Lipinski definition) is 4. The number of hydrogen-bond donors (Lipinski definition) is 2. The standard InChI is InChI=1S/C28H24F3NO3/c1-15-14-27(2,3)32-19-9-8-18-24(23(15)19)22(13-16-6-5-7-17(12-16)28(29,30)31)35-21-11-10-20(33)26(34-4)25(18)21/h5-14,32-33H,1-4H3. The molecule has 4 nitrogen and oxygen atoms in total. The van der Waals surface area contributed by atoms with Gasteiger partial charge in [0.2, 0.25) is 0 Å². The Hall–Kier alpha value is -3.87. The third kappa shape index (κ3) is 3.91. The minimum Gasteiger partial charge on any atom is -0.504 e. The van der Waals surface area contributed by atoms with Gasteiger partial charge in [0.25, 0.3) is 0 Å². The van der Waals surface area contributed by atoms with Crippen LogP contribution in [0.1, 0.15) is 43.0 Å². The van der Waals surface area contributed by atoms with E-state index in [2.05, 4.69) is 25.2 Å². The summed E-state index contributed by atoms with van der Waals surface area (Å²) in [6.45, 7) is 6.12. The van der Waals surface area contributed by atoms with Crippen LogP contribution in [0.2, 0.25) is 0 Å². The third-order valence-electron chi connectivity index (χ3n) is 6.18. The number of aromatic hydroxyl groups is 1. The van der Waals surface area contributed by atoms with Crippen LogP contribution in [0, 0.1) is 0 Å². The van der Waals surface area contributed by atoms with Gasteiger partial charge in [0.05, 0.1) is 23.8 Å². The average Bonchev–Trinajstić information content (AvgIpc) is 2.77. The van der Waals surface area contributed by atoms with E-state index in [1.165, 1.54) is 19.2 Å². The second kappa shape index (κ2) is 7.83. The van der Waals surface area contributed by atoms with Gasteiger partial charge in [0.15, 0.2) is 11.5 Å². The van der Waals surface area contributed by atoms with Gasteiger partial charge in [-0.25, -0.2) is 0 Å². The molecule has 2 aliphatic rings. The van der Waals surface area contributed by atoms with Crippen molar-refractivity contribution in [2.24, 2.45) is 0 Å². The minimum absolute atomic E-state index is 0.0321. The number of nitrogens with one attached hydrogen (secondary N) is 1. The first-order chi connectivity index (χ1) is 16.5. The lowest BCUT2D eigenvalue weighted by molar-refractivity contribution is -0.137. The molecule has 0 radical (unpaired) electrons. The van der Waals surface area contributed by atoms with Crippen molar-refractivity contribution in [2.75, 3.05) is 12.4 Å².